The van der Waals surface area contributed by atoms with E-state index < -0.39 is 5.41 Å². The summed E-state index contributed by atoms with van der Waals surface area (Å²) in [6.45, 7) is 2.12. The number of carbonyl (C=O) groups excluding carboxylic acids is 1. The number of fused-ring (bicyclic) bond motifs is 2. The third kappa shape index (κ3) is 2.83. The minimum Gasteiger partial charge on any atom is -0.496 e. The van der Waals surface area contributed by atoms with Gasteiger partial charge in [-0.2, -0.15) is 0 Å². The van der Waals surface area contributed by atoms with Gasteiger partial charge >= 0.3 is 0 Å². The topological polar surface area (TPSA) is 47.6 Å². The van der Waals surface area contributed by atoms with E-state index in [1.807, 2.05) is 36.4 Å². The Morgan fingerprint density at radius 2 is 1.56 bits per heavy atom. The summed E-state index contributed by atoms with van der Waals surface area (Å²) in [6.07, 6.45) is 2.88. The van der Waals surface area contributed by atoms with Gasteiger partial charge in [0.25, 0.3) is 0 Å². The predicted octanol–water partition coefficient (Wildman–Crippen LogP) is 4.46. The lowest BCUT2D eigenvalue weighted by Crippen LogP contribution is -2.56. The van der Waals surface area contributed by atoms with Crippen molar-refractivity contribution in [3.8, 4) is 11.5 Å². The summed E-state index contributed by atoms with van der Waals surface area (Å²) in [5, 5.41) is 3.83. The Morgan fingerprint density at radius 3 is 2.22 bits per heavy atom. The number of ketones is 1. The van der Waals surface area contributed by atoms with Crippen molar-refractivity contribution in [3.05, 3.63) is 59.7 Å². The third-order valence-electron chi connectivity index (χ3n) is 6.42. The maximum atomic E-state index is 13.6. The molecule has 1 saturated heterocycles. The standard InChI is InChI=1S/C23H27NO3/c1-23-14-8-11-17(22(23)25)20(15-9-4-6-12-18(15)26-2)24-21(23)16-10-5-7-13-19(16)27-3/h4-7,9-10,12-13,17,20-21,24H,8,11,14H2,1-3H3/t17-,20+,21-,23+/m0/s1. The number of piperidine rings is 1. The summed E-state index contributed by atoms with van der Waals surface area (Å²) in [5.74, 6) is 1.99. The van der Waals surface area contributed by atoms with Gasteiger partial charge in [-0.1, -0.05) is 49.7 Å². The molecule has 2 fully saturated rings. The van der Waals surface area contributed by atoms with Crippen LogP contribution in [0.25, 0.3) is 0 Å². The van der Waals surface area contributed by atoms with Gasteiger partial charge in [0, 0.05) is 34.5 Å². The van der Waals surface area contributed by atoms with Gasteiger partial charge in [-0.3, -0.25) is 4.79 Å². The van der Waals surface area contributed by atoms with Gasteiger partial charge in [0.1, 0.15) is 17.3 Å². The molecule has 0 aromatic heterocycles. The largest absolute Gasteiger partial charge is 0.496 e. The van der Waals surface area contributed by atoms with Crippen LogP contribution in [0.1, 0.15) is 49.4 Å². The average Bonchev–Trinajstić information content (AvgIpc) is 2.70. The molecule has 2 aliphatic rings. The number of ether oxygens (including phenoxy) is 2. The van der Waals surface area contributed by atoms with E-state index in [2.05, 4.69) is 24.4 Å². The minimum atomic E-state index is -0.421. The molecule has 0 amide bonds. The summed E-state index contributed by atoms with van der Waals surface area (Å²) in [6, 6.07) is 15.9. The van der Waals surface area contributed by atoms with Crippen molar-refractivity contribution in [3.63, 3.8) is 0 Å². The molecule has 1 saturated carbocycles. The molecule has 4 atom stereocenters. The van der Waals surface area contributed by atoms with E-state index in [0.29, 0.717) is 5.78 Å². The second-order valence-electron chi connectivity index (χ2n) is 7.84. The van der Waals surface area contributed by atoms with Gasteiger partial charge in [-0.25, -0.2) is 0 Å². The van der Waals surface area contributed by atoms with Crippen molar-refractivity contribution >= 4 is 5.78 Å². The molecule has 2 aromatic carbocycles. The second-order valence-corrected chi connectivity index (χ2v) is 7.84. The summed E-state index contributed by atoms with van der Waals surface area (Å²) in [4.78, 5) is 13.6. The molecule has 4 rings (SSSR count). The Hall–Kier alpha value is -2.33. The quantitative estimate of drug-likeness (QED) is 0.869. The first-order chi connectivity index (χ1) is 13.1. The van der Waals surface area contributed by atoms with Gasteiger partial charge in [0.05, 0.1) is 14.2 Å². The van der Waals surface area contributed by atoms with Crippen LogP contribution in [0.15, 0.2) is 48.5 Å². The molecule has 0 unspecified atom stereocenters. The van der Waals surface area contributed by atoms with E-state index >= 15 is 0 Å². The molecule has 1 aliphatic carbocycles. The summed E-state index contributed by atoms with van der Waals surface area (Å²) >= 11 is 0. The molecule has 0 radical (unpaired) electrons. The molecule has 1 N–H and O–H groups in total. The van der Waals surface area contributed by atoms with Crippen LogP contribution >= 0.6 is 0 Å². The SMILES string of the molecule is COc1ccccc1[C@H]1N[C@@H](c2ccccc2OC)[C@@]2(C)CCC[C@@H]1C2=O. The molecular formula is C23H27NO3. The third-order valence-corrected chi connectivity index (χ3v) is 6.42. The molecule has 2 aromatic rings. The highest BCUT2D eigenvalue weighted by atomic mass is 16.5. The number of rotatable bonds is 4. The molecule has 4 nitrogen and oxygen atoms in total. The molecule has 2 bridgehead atoms. The Bertz CT molecular complexity index is 849. The Morgan fingerprint density at radius 1 is 0.963 bits per heavy atom. The smallest absolute Gasteiger partial charge is 0.145 e. The summed E-state index contributed by atoms with van der Waals surface area (Å²) < 4.78 is 11.2. The van der Waals surface area contributed by atoms with E-state index in [4.69, 9.17) is 9.47 Å². The number of methoxy groups -OCH3 is 2. The first kappa shape index (κ1) is 18.1. The van der Waals surface area contributed by atoms with Gasteiger partial charge in [-0.05, 0) is 25.0 Å². The number of hydrogen-bond donors (Lipinski definition) is 1. The highest BCUT2D eigenvalue weighted by Crippen LogP contribution is 2.54. The summed E-state index contributed by atoms with van der Waals surface area (Å²) in [5.41, 5.74) is 1.69. The fourth-order valence-electron chi connectivity index (χ4n) is 5.02. The maximum absolute atomic E-state index is 13.6. The van der Waals surface area contributed by atoms with Crippen molar-refractivity contribution in [2.45, 2.75) is 38.3 Å². The van der Waals surface area contributed by atoms with Gasteiger partial charge in [0.2, 0.25) is 0 Å². The van der Waals surface area contributed by atoms with E-state index in [1.54, 1.807) is 14.2 Å². The van der Waals surface area contributed by atoms with E-state index in [9.17, 15) is 4.79 Å². The normalized spacial score (nSPS) is 30.0. The first-order valence-corrected chi connectivity index (χ1v) is 9.66. The van der Waals surface area contributed by atoms with Crippen LogP contribution in [0.2, 0.25) is 0 Å². The lowest BCUT2D eigenvalue weighted by molar-refractivity contribution is -0.144. The number of para-hydroxylation sites is 2. The number of hydrogen-bond acceptors (Lipinski definition) is 4. The Balaban J connectivity index is 1.83. The van der Waals surface area contributed by atoms with Crippen LogP contribution in [-0.2, 0) is 4.79 Å². The summed E-state index contributed by atoms with van der Waals surface area (Å²) in [7, 11) is 3.37. The van der Waals surface area contributed by atoms with Crippen LogP contribution in [0.4, 0.5) is 0 Å². The van der Waals surface area contributed by atoms with Gasteiger partial charge in [-0.15, -0.1) is 0 Å². The van der Waals surface area contributed by atoms with Crippen molar-refractivity contribution in [1.82, 2.24) is 5.32 Å². The Labute approximate surface area is 160 Å². The Kier molecular flexibility index (Phi) is 4.68. The zero-order chi connectivity index (χ0) is 19.0. The molecule has 0 spiro atoms. The fourth-order valence-corrected chi connectivity index (χ4v) is 5.02. The van der Waals surface area contributed by atoms with Crippen molar-refractivity contribution in [2.24, 2.45) is 11.3 Å². The first-order valence-electron chi connectivity index (χ1n) is 9.66. The van der Waals surface area contributed by atoms with Crippen LogP contribution in [0, 0.1) is 11.3 Å². The van der Waals surface area contributed by atoms with Crippen molar-refractivity contribution < 1.29 is 14.3 Å². The van der Waals surface area contributed by atoms with E-state index in [1.165, 1.54) is 0 Å². The number of benzene rings is 2. The van der Waals surface area contributed by atoms with Gasteiger partial charge < -0.3 is 14.8 Å². The maximum Gasteiger partial charge on any atom is 0.145 e. The lowest BCUT2D eigenvalue weighted by Gasteiger charge is -2.51. The predicted molar refractivity (Wildman–Crippen MR) is 105 cm³/mol. The fraction of sp³-hybridized carbons (Fsp3) is 0.435. The van der Waals surface area contributed by atoms with E-state index in [-0.39, 0.29) is 18.0 Å². The van der Waals surface area contributed by atoms with Crippen LogP contribution in [0.5, 0.6) is 11.5 Å². The number of nitrogens with one attached hydrogen (secondary N) is 1. The highest BCUT2D eigenvalue weighted by molar-refractivity contribution is 5.90. The molecular weight excluding hydrogens is 338 g/mol. The molecule has 27 heavy (non-hydrogen) atoms. The van der Waals surface area contributed by atoms with Gasteiger partial charge in [0.15, 0.2) is 0 Å². The molecule has 142 valence electrons. The monoisotopic (exact) mass is 365 g/mol. The zero-order valence-corrected chi connectivity index (χ0v) is 16.2. The van der Waals surface area contributed by atoms with Crippen LogP contribution in [-0.4, -0.2) is 20.0 Å². The second kappa shape index (κ2) is 7.01. The lowest BCUT2D eigenvalue weighted by atomic mass is 9.59. The van der Waals surface area contributed by atoms with Crippen LogP contribution in [0.3, 0.4) is 0 Å². The van der Waals surface area contributed by atoms with Crippen molar-refractivity contribution in [2.75, 3.05) is 14.2 Å². The molecule has 1 heterocycles. The van der Waals surface area contributed by atoms with E-state index in [0.717, 1.165) is 41.9 Å². The number of Topliss-reactive ketones (excluding diaryl/α,β-unsaturated/α-hetero) is 1. The minimum absolute atomic E-state index is 0.0222. The molecule has 4 heteroatoms. The van der Waals surface area contributed by atoms with Crippen LogP contribution < -0.4 is 14.8 Å². The van der Waals surface area contributed by atoms with Crippen molar-refractivity contribution in [1.29, 1.82) is 0 Å². The number of carbonyl (C=O) groups is 1. The highest BCUT2D eigenvalue weighted by Gasteiger charge is 2.54. The average molecular weight is 365 g/mol. The molecule has 1 aliphatic heterocycles. The zero-order valence-electron chi connectivity index (χ0n) is 16.2.